The molecular weight excluding hydrogens is 208 g/mol. The Morgan fingerprint density at radius 2 is 1.65 bits per heavy atom. The molecule has 0 bridgehead atoms. The van der Waals surface area contributed by atoms with Gasteiger partial charge in [-0.15, -0.1) is 0 Å². The number of aryl methyl sites for hydroxylation is 1. The van der Waals surface area contributed by atoms with Gasteiger partial charge in [0.15, 0.2) is 0 Å². The van der Waals surface area contributed by atoms with E-state index >= 15 is 0 Å². The van der Waals surface area contributed by atoms with Crippen molar-refractivity contribution in [2.45, 2.75) is 13.0 Å². The number of benzene rings is 2. The zero-order valence-electron chi connectivity index (χ0n) is 9.97. The third-order valence-corrected chi connectivity index (χ3v) is 2.69. The predicted molar refractivity (Wildman–Crippen MR) is 71.2 cm³/mol. The topological polar surface area (TPSA) is 9.23 Å². The van der Waals surface area contributed by atoms with Gasteiger partial charge in [-0.2, -0.15) is 0 Å². The minimum Gasteiger partial charge on any atom is -0.481 e. The van der Waals surface area contributed by atoms with Crippen LogP contribution in [0.1, 0.15) is 17.2 Å². The quantitative estimate of drug-likeness (QED) is 0.703. The molecule has 0 aliphatic heterocycles. The van der Waals surface area contributed by atoms with E-state index < -0.39 is 0 Å². The Labute approximate surface area is 102 Å². The second-order valence-corrected chi connectivity index (χ2v) is 3.95. The van der Waals surface area contributed by atoms with Crippen LogP contribution in [0.3, 0.4) is 0 Å². The summed E-state index contributed by atoms with van der Waals surface area (Å²) in [6, 6.07) is 18.1. The predicted octanol–water partition coefficient (Wildman–Crippen LogP) is 4.30. The highest BCUT2D eigenvalue weighted by atomic mass is 16.5. The molecule has 1 nitrogen and oxygen atoms in total. The van der Waals surface area contributed by atoms with Crippen molar-refractivity contribution in [2.24, 2.45) is 0 Å². The zero-order valence-corrected chi connectivity index (χ0v) is 9.97. The van der Waals surface area contributed by atoms with Crippen LogP contribution in [-0.2, 0) is 0 Å². The lowest BCUT2D eigenvalue weighted by Crippen LogP contribution is -2.04. The lowest BCUT2D eigenvalue weighted by molar-refractivity contribution is 0.254. The van der Waals surface area contributed by atoms with Crippen LogP contribution in [0.25, 0.3) is 0 Å². The maximum Gasteiger partial charge on any atom is 0.142 e. The normalized spacial score (nSPS) is 11.8. The Balaban J connectivity index is 2.22. The molecule has 0 aromatic heterocycles. The summed E-state index contributed by atoms with van der Waals surface area (Å²) >= 11 is 0. The fourth-order valence-corrected chi connectivity index (χ4v) is 1.72. The first kappa shape index (κ1) is 11.5. The van der Waals surface area contributed by atoms with E-state index in [-0.39, 0.29) is 6.10 Å². The average Bonchev–Trinajstić information content (AvgIpc) is 2.39. The molecule has 1 atom stereocenters. The van der Waals surface area contributed by atoms with Crippen LogP contribution in [0.2, 0.25) is 0 Å². The van der Waals surface area contributed by atoms with E-state index in [9.17, 15) is 0 Å². The van der Waals surface area contributed by atoms with Crippen LogP contribution in [0, 0.1) is 6.92 Å². The van der Waals surface area contributed by atoms with Gasteiger partial charge in [-0.3, -0.25) is 0 Å². The first-order valence-electron chi connectivity index (χ1n) is 5.71. The number of rotatable bonds is 4. The molecule has 0 saturated heterocycles. The second kappa shape index (κ2) is 5.35. The minimum atomic E-state index is -0.0997. The van der Waals surface area contributed by atoms with Gasteiger partial charge < -0.3 is 4.74 Å². The maximum absolute atomic E-state index is 5.96. The van der Waals surface area contributed by atoms with Gasteiger partial charge in [-0.1, -0.05) is 55.1 Å². The lowest BCUT2D eigenvalue weighted by Gasteiger charge is -2.17. The summed E-state index contributed by atoms with van der Waals surface area (Å²) in [6.45, 7) is 5.88. The van der Waals surface area contributed by atoms with Gasteiger partial charge in [0, 0.05) is 0 Å². The van der Waals surface area contributed by atoms with Gasteiger partial charge in [0.05, 0.1) is 0 Å². The Hall–Kier alpha value is -2.02. The second-order valence-electron chi connectivity index (χ2n) is 3.95. The van der Waals surface area contributed by atoms with Gasteiger partial charge in [0.2, 0.25) is 0 Å². The number of ether oxygens (including phenoxy) is 1. The summed E-state index contributed by atoms with van der Waals surface area (Å²) < 4.78 is 5.96. The molecule has 0 aliphatic carbocycles. The van der Waals surface area contributed by atoms with Crippen LogP contribution in [0.4, 0.5) is 0 Å². The monoisotopic (exact) mass is 224 g/mol. The van der Waals surface area contributed by atoms with Crippen LogP contribution in [-0.4, -0.2) is 0 Å². The molecule has 17 heavy (non-hydrogen) atoms. The lowest BCUT2D eigenvalue weighted by atomic mass is 10.1. The van der Waals surface area contributed by atoms with Gasteiger partial charge in [0.1, 0.15) is 11.9 Å². The van der Waals surface area contributed by atoms with Crippen molar-refractivity contribution in [2.75, 3.05) is 0 Å². The molecule has 0 unspecified atom stereocenters. The average molecular weight is 224 g/mol. The molecule has 0 heterocycles. The first-order valence-corrected chi connectivity index (χ1v) is 5.71. The van der Waals surface area contributed by atoms with Gasteiger partial charge in [-0.05, 0) is 30.2 Å². The molecule has 0 aliphatic rings. The van der Waals surface area contributed by atoms with Crippen LogP contribution < -0.4 is 4.74 Å². The molecule has 2 aromatic carbocycles. The third-order valence-electron chi connectivity index (χ3n) is 2.69. The summed E-state index contributed by atoms with van der Waals surface area (Å²) in [5, 5.41) is 0. The maximum atomic E-state index is 5.96. The Kier molecular flexibility index (Phi) is 3.61. The SMILES string of the molecule is C=C[C@@H](Oc1ccccc1C)c1ccccc1. The van der Waals surface area contributed by atoms with Crippen molar-refractivity contribution in [1.29, 1.82) is 0 Å². The molecule has 0 saturated carbocycles. The van der Waals surface area contributed by atoms with Gasteiger partial charge in [-0.25, -0.2) is 0 Å². The van der Waals surface area contributed by atoms with E-state index in [1.54, 1.807) is 0 Å². The summed E-state index contributed by atoms with van der Waals surface area (Å²) in [5.41, 5.74) is 2.25. The molecular formula is C16H16O. The molecule has 0 radical (unpaired) electrons. The van der Waals surface area contributed by atoms with Crippen molar-refractivity contribution in [3.63, 3.8) is 0 Å². The number of hydrogen-bond acceptors (Lipinski definition) is 1. The van der Waals surface area contributed by atoms with E-state index in [4.69, 9.17) is 4.74 Å². The Morgan fingerprint density at radius 1 is 1.00 bits per heavy atom. The van der Waals surface area contributed by atoms with Gasteiger partial charge in [0.25, 0.3) is 0 Å². The standard InChI is InChI=1S/C16H16O/c1-3-15(14-10-5-4-6-11-14)17-16-12-8-7-9-13(16)2/h3-12,15H,1H2,2H3/t15-/m1/s1. The molecule has 0 spiro atoms. The van der Waals surface area contributed by atoms with Crippen molar-refractivity contribution in [1.82, 2.24) is 0 Å². The highest BCUT2D eigenvalue weighted by molar-refractivity contribution is 5.33. The van der Waals surface area contributed by atoms with Crippen LogP contribution in [0.15, 0.2) is 67.3 Å². The molecule has 1 heteroatoms. The first-order chi connectivity index (χ1) is 8.31. The Bertz CT molecular complexity index is 488. The molecule has 0 N–H and O–H groups in total. The third kappa shape index (κ3) is 2.76. The fourth-order valence-electron chi connectivity index (χ4n) is 1.72. The number of hydrogen-bond donors (Lipinski definition) is 0. The van der Waals surface area contributed by atoms with E-state index in [0.717, 1.165) is 16.9 Å². The van der Waals surface area contributed by atoms with Crippen molar-refractivity contribution >= 4 is 0 Å². The molecule has 0 fully saturated rings. The van der Waals surface area contributed by atoms with Crippen LogP contribution >= 0.6 is 0 Å². The zero-order chi connectivity index (χ0) is 12.1. The number of para-hydroxylation sites is 1. The highest BCUT2D eigenvalue weighted by Crippen LogP contribution is 2.25. The molecule has 2 aromatic rings. The van der Waals surface area contributed by atoms with E-state index in [2.05, 4.69) is 6.58 Å². The minimum absolute atomic E-state index is 0.0997. The fraction of sp³-hybridized carbons (Fsp3) is 0.125. The molecule has 0 amide bonds. The van der Waals surface area contributed by atoms with E-state index in [1.165, 1.54) is 0 Å². The summed E-state index contributed by atoms with van der Waals surface area (Å²) in [5.74, 6) is 0.904. The highest BCUT2D eigenvalue weighted by Gasteiger charge is 2.09. The van der Waals surface area contributed by atoms with Crippen molar-refractivity contribution in [3.05, 3.63) is 78.4 Å². The summed E-state index contributed by atoms with van der Waals surface area (Å²) in [6.07, 6.45) is 1.72. The van der Waals surface area contributed by atoms with E-state index in [1.807, 2.05) is 67.6 Å². The summed E-state index contributed by atoms with van der Waals surface area (Å²) in [7, 11) is 0. The summed E-state index contributed by atoms with van der Waals surface area (Å²) in [4.78, 5) is 0. The smallest absolute Gasteiger partial charge is 0.142 e. The molecule has 86 valence electrons. The van der Waals surface area contributed by atoms with Gasteiger partial charge >= 0.3 is 0 Å². The van der Waals surface area contributed by atoms with Crippen LogP contribution in [0.5, 0.6) is 5.75 Å². The molecule has 2 rings (SSSR count). The van der Waals surface area contributed by atoms with E-state index in [0.29, 0.717) is 0 Å². The largest absolute Gasteiger partial charge is 0.481 e. The van der Waals surface area contributed by atoms with Crippen molar-refractivity contribution in [3.8, 4) is 5.75 Å². The van der Waals surface area contributed by atoms with Crippen molar-refractivity contribution < 1.29 is 4.74 Å². The Morgan fingerprint density at radius 3 is 2.29 bits per heavy atom.